The second-order valence-corrected chi connectivity index (χ2v) is 4.81. The van der Waals surface area contributed by atoms with Gasteiger partial charge in [-0.1, -0.05) is 29.8 Å². The Morgan fingerprint density at radius 3 is 2.81 bits per heavy atom. The van der Waals surface area contributed by atoms with Crippen LogP contribution in [0.15, 0.2) is 42.5 Å². The lowest BCUT2D eigenvalue weighted by atomic mass is 10.1. The number of aromatic hydroxyl groups is 1. The molecule has 2 N–H and O–H groups in total. The highest BCUT2D eigenvalue weighted by Crippen LogP contribution is 2.27. The number of para-hydroxylation sites is 1. The molecule has 0 spiro atoms. The molecule has 0 unspecified atom stereocenters. The molecule has 2 rings (SSSR count). The number of phenolic OH excluding ortho intramolecular Hbond substituents is 1. The lowest BCUT2D eigenvalue weighted by Crippen LogP contribution is -2.06. The number of phenols is 1. The molecule has 0 heterocycles. The van der Waals surface area contributed by atoms with Crippen LogP contribution in [0.5, 0.6) is 5.75 Å². The molecule has 0 bridgehead atoms. The van der Waals surface area contributed by atoms with Gasteiger partial charge in [0.2, 0.25) is 0 Å². The molecule has 5 heteroatoms. The molecule has 0 aliphatic carbocycles. The molecular weight excluding hydrogens is 290 g/mol. The first-order valence-corrected chi connectivity index (χ1v) is 6.97. The number of benzene rings is 2. The molecule has 0 atom stereocenters. The molecule has 0 radical (unpaired) electrons. The first kappa shape index (κ1) is 15.2. The summed E-state index contributed by atoms with van der Waals surface area (Å²) in [4.78, 5) is 11.7. The first-order chi connectivity index (χ1) is 10.1. The minimum absolute atomic E-state index is 0.0632. The van der Waals surface area contributed by atoms with Crippen molar-refractivity contribution in [3.05, 3.63) is 58.6 Å². The summed E-state index contributed by atoms with van der Waals surface area (Å²) >= 11 is 5.86. The van der Waals surface area contributed by atoms with E-state index in [1.54, 1.807) is 43.3 Å². The quantitative estimate of drug-likeness (QED) is 0.824. The van der Waals surface area contributed by atoms with Crippen molar-refractivity contribution in [2.24, 2.45) is 0 Å². The van der Waals surface area contributed by atoms with Crippen molar-refractivity contribution in [2.75, 3.05) is 11.9 Å². The number of carbonyl (C=O) groups is 1. The van der Waals surface area contributed by atoms with E-state index in [0.29, 0.717) is 29.3 Å². The Balaban J connectivity index is 2.08. The van der Waals surface area contributed by atoms with Crippen LogP contribution in [0, 0.1) is 0 Å². The van der Waals surface area contributed by atoms with Crippen molar-refractivity contribution in [1.82, 2.24) is 0 Å². The molecule has 0 aromatic heterocycles. The van der Waals surface area contributed by atoms with Crippen molar-refractivity contribution in [2.45, 2.75) is 13.5 Å². The zero-order valence-corrected chi connectivity index (χ0v) is 12.4. The zero-order valence-electron chi connectivity index (χ0n) is 11.6. The SMILES string of the molecule is CCOC(=O)c1cccc(NCc2cccc(Cl)c2O)c1. The third kappa shape index (κ3) is 3.89. The van der Waals surface area contributed by atoms with Crippen LogP contribution in [0.4, 0.5) is 5.69 Å². The number of carbonyl (C=O) groups excluding carboxylic acids is 1. The van der Waals surface area contributed by atoms with Gasteiger partial charge >= 0.3 is 5.97 Å². The van der Waals surface area contributed by atoms with Crippen LogP contribution in [0.3, 0.4) is 0 Å². The van der Waals surface area contributed by atoms with E-state index in [1.807, 2.05) is 6.07 Å². The molecule has 0 saturated carbocycles. The van der Waals surface area contributed by atoms with Gasteiger partial charge in [0.1, 0.15) is 5.75 Å². The fraction of sp³-hybridized carbons (Fsp3) is 0.188. The van der Waals surface area contributed by atoms with E-state index in [2.05, 4.69) is 5.32 Å². The molecule has 21 heavy (non-hydrogen) atoms. The third-order valence-corrected chi connectivity index (χ3v) is 3.23. The number of rotatable bonds is 5. The van der Waals surface area contributed by atoms with Gasteiger partial charge in [0.25, 0.3) is 0 Å². The summed E-state index contributed by atoms with van der Waals surface area (Å²) in [5.41, 5.74) is 1.93. The van der Waals surface area contributed by atoms with Crippen LogP contribution >= 0.6 is 11.6 Å². The van der Waals surface area contributed by atoms with Crippen molar-refractivity contribution in [3.8, 4) is 5.75 Å². The Hall–Kier alpha value is -2.20. The number of anilines is 1. The van der Waals surface area contributed by atoms with Crippen molar-refractivity contribution in [1.29, 1.82) is 0 Å². The number of halogens is 1. The lowest BCUT2D eigenvalue weighted by molar-refractivity contribution is 0.0526. The molecule has 0 aliphatic heterocycles. The van der Waals surface area contributed by atoms with Gasteiger partial charge in [-0.3, -0.25) is 0 Å². The highest BCUT2D eigenvalue weighted by atomic mass is 35.5. The topological polar surface area (TPSA) is 58.6 Å². The molecular formula is C16H16ClNO3. The fourth-order valence-corrected chi connectivity index (χ4v) is 2.06. The third-order valence-electron chi connectivity index (χ3n) is 2.93. The van der Waals surface area contributed by atoms with Crippen molar-refractivity contribution < 1.29 is 14.6 Å². The Morgan fingerprint density at radius 2 is 2.05 bits per heavy atom. The smallest absolute Gasteiger partial charge is 0.338 e. The van der Waals surface area contributed by atoms with Gasteiger partial charge in [-0.05, 0) is 31.2 Å². The van der Waals surface area contributed by atoms with Crippen LogP contribution in [0.25, 0.3) is 0 Å². The summed E-state index contributed by atoms with van der Waals surface area (Å²) in [7, 11) is 0. The minimum atomic E-state index is -0.355. The van der Waals surface area contributed by atoms with Gasteiger partial charge in [0.15, 0.2) is 0 Å². The lowest BCUT2D eigenvalue weighted by Gasteiger charge is -2.10. The maximum atomic E-state index is 11.7. The van der Waals surface area contributed by atoms with Gasteiger partial charge in [-0.15, -0.1) is 0 Å². The van der Waals surface area contributed by atoms with Crippen molar-refractivity contribution in [3.63, 3.8) is 0 Å². The van der Waals surface area contributed by atoms with Crippen LogP contribution in [0.2, 0.25) is 5.02 Å². The second-order valence-electron chi connectivity index (χ2n) is 4.40. The Labute approximate surface area is 128 Å². The minimum Gasteiger partial charge on any atom is -0.506 e. The van der Waals surface area contributed by atoms with E-state index >= 15 is 0 Å². The van der Waals surface area contributed by atoms with E-state index in [1.165, 1.54) is 0 Å². The molecule has 0 aliphatic rings. The van der Waals surface area contributed by atoms with Crippen LogP contribution in [-0.2, 0) is 11.3 Å². The predicted molar refractivity (Wildman–Crippen MR) is 82.8 cm³/mol. The summed E-state index contributed by atoms with van der Waals surface area (Å²) in [5.74, 6) is -0.292. The second kappa shape index (κ2) is 6.99. The van der Waals surface area contributed by atoms with Gasteiger partial charge in [-0.25, -0.2) is 4.79 Å². The highest BCUT2D eigenvalue weighted by Gasteiger charge is 2.08. The summed E-state index contributed by atoms with van der Waals surface area (Å²) in [6, 6.07) is 12.2. The zero-order chi connectivity index (χ0) is 15.2. The number of esters is 1. The van der Waals surface area contributed by atoms with Crippen LogP contribution < -0.4 is 5.32 Å². The molecule has 0 amide bonds. The summed E-state index contributed by atoms with van der Waals surface area (Å²) in [6.45, 7) is 2.51. The van der Waals surface area contributed by atoms with Gasteiger partial charge in [0.05, 0.1) is 17.2 Å². The van der Waals surface area contributed by atoms with E-state index in [9.17, 15) is 9.90 Å². The standard InChI is InChI=1S/C16H16ClNO3/c1-2-21-16(20)11-5-3-7-13(9-11)18-10-12-6-4-8-14(17)15(12)19/h3-9,18-19H,2,10H2,1H3. The molecule has 4 nitrogen and oxygen atoms in total. The van der Waals surface area contributed by atoms with E-state index < -0.39 is 0 Å². The Kier molecular flexibility index (Phi) is 5.06. The number of nitrogens with one attached hydrogen (secondary N) is 1. The normalized spacial score (nSPS) is 10.2. The van der Waals surface area contributed by atoms with Gasteiger partial charge in [-0.2, -0.15) is 0 Å². The van der Waals surface area contributed by atoms with Crippen molar-refractivity contribution >= 4 is 23.3 Å². The van der Waals surface area contributed by atoms with E-state index in [4.69, 9.17) is 16.3 Å². The molecule has 2 aromatic rings. The van der Waals surface area contributed by atoms with Gasteiger partial charge < -0.3 is 15.2 Å². The number of ether oxygens (including phenoxy) is 1. The summed E-state index contributed by atoms with van der Waals surface area (Å²) in [6.07, 6.45) is 0. The molecule has 0 fully saturated rings. The largest absolute Gasteiger partial charge is 0.506 e. The molecule has 2 aromatic carbocycles. The van der Waals surface area contributed by atoms with E-state index in [0.717, 1.165) is 5.69 Å². The maximum absolute atomic E-state index is 11.7. The number of hydrogen-bond donors (Lipinski definition) is 2. The average Bonchev–Trinajstić information content (AvgIpc) is 2.49. The summed E-state index contributed by atoms with van der Waals surface area (Å²) < 4.78 is 4.96. The number of hydrogen-bond acceptors (Lipinski definition) is 4. The maximum Gasteiger partial charge on any atom is 0.338 e. The highest BCUT2D eigenvalue weighted by molar-refractivity contribution is 6.32. The van der Waals surface area contributed by atoms with Crippen LogP contribution in [-0.4, -0.2) is 17.7 Å². The first-order valence-electron chi connectivity index (χ1n) is 6.59. The van der Waals surface area contributed by atoms with E-state index in [-0.39, 0.29) is 11.7 Å². The molecule has 110 valence electrons. The average molecular weight is 306 g/mol. The van der Waals surface area contributed by atoms with Gasteiger partial charge in [0, 0.05) is 17.8 Å². The van der Waals surface area contributed by atoms with Crippen LogP contribution in [0.1, 0.15) is 22.8 Å². The Bertz CT molecular complexity index is 643. The predicted octanol–water partition coefficient (Wildman–Crippen LogP) is 3.83. The Morgan fingerprint density at radius 1 is 1.29 bits per heavy atom. The molecule has 0 saturated heterocycles. The summed E-state index contributed by atoms with van der Waals surface area (Å²) in [5, 5.41) is 13.3. The monoisotopic (exact) mass is 305 g/mol. The fourth-order valence-electron chi connectivity index (χ4n) is 1.87.